The molecule has 1 saturated heterocycles. The standard InChI is InChI=1S/C15H19ClN2O3/c16-12-7-10(8-13-15(12)21-6-5-20-13)9-14(19)18-11-1-3-17-4-2-11/h7-8,11,17H,1-6,9H2,(H,18,19). The van der Waals surface area contributed by atoms with Crippen molar-refractivity contribution in [1.29, 1.82) is 0 Å². The van der Waals surface area contributed by atoms with E-state index in [0.717, 1.165) is 31.5 Å². The van der Waals surface area contributed by atoms with E-state index in [-0.39, 0.29) is 11.9 Å². The van der Waals surface area contributed by atoms with Crippen LogP contribution in [-0.4, -0.2) is 38.3 Å². The molecule has 0 saturated carbocycles. The molecule has 0 aromatic heterocycles. The van der Waals surface area contributed by atoms with Crippen molar-refractivity contribution in [1.82, 2.24) is 10.6 Å². The molecule has 2 N–H and O–H groups in total. The number of nitrogens with one attached hydrogen (secondary N) is 2. The van der Waals surface area contributed by atoms with E-state index in [1.807, 2.05) is 6.07 Å². The molecular weight excluding hydrogens is 292 g/mol. The second-order valence-corrected chi connectivity index (χ2v) is 5.78. The number of benzene rings is 1. The summed E-state index contributed by atoms with van der Waals surface area (Å²) in [5.74, 6) is 1.22. The number of hydrogen-bond acceptors (Lipinski definition) is 4. The smallest absolute Gasteiger partial charge is 0.224 e. The zero-order valence-electron chi connectivity index (χ0n) is 11.8. The number of halogens is 1. The Morgan fingerprint density at radius 1 is 1.29 bits per heavy atom. The summed E-state index contributed by atoms with van der Waals surface area (Å²) in [4.78, 5) is 12.1. The fourth-order valence-electron chi connectivity index (χ4n) is 2.70. The van der Waals surface area contributed by atoms with Gasteiger partial charge in [-0.1, -0.05) is 11.6 Å². The number of amides is 1. The number of rotatable bonds is 3. The van der Waals surface area contributed by atoms with Crippen LogP contribution in [0.1, 0.15) is 18.4 Å². The number of hydrogen-bond donors (Lipinski definition) is 2. The van der Waals surface area contributed by atoms with Gasteiger partial charge in [-0.15, -0.1) is 0 Å². The first-order chi connectivity index (χ1) is 10.2. The highest BCUT2D eigenvalue weighted by molar-refractivity contribution is 6.32. The van der Waals surface area contributed by atoms with Crippen molar-refractivity contribution in [2.24, 2.45) is 0 Å². The summed E-state index contributed by atoms with van der Waals surface area (Å²) >= 11 is 6.18. The van der Waals surface area contributed by atoms with Crippen molar-refractivity contribution < 1.29 is 14.3 Å². The van der Waals surface area contributed by atoms with Crippen LogP contribution in [0.3, 0.4) is 0 Å². The van der Waals surface area contributed by atoms with Crippen LogP contribution in [0.4, 0.5) is 0 Å². The van der Waals surface area contributed by atoms with Crippen molar-refractivity contribution in [3.63, 3.8) is 0 Å². The van der Waals surface area contributed by atoms with Gasteiger partial charge in [-0.2, -0.15) is 0 Å². The fourth-order valence-corrected chi connectivity index (χ4v) is 2.98. The predicted molar refractivity (Wildman–Crippen MR) is 80.2 cm³/mol. The molecule has 0 radical (unpaired) electrons. The maximum atomic E-state index is 12.1. The minimum atomic E-state index is 0.0228. The lowest BCUT2D eigenvalue weighted by molar-refractivity contribution is -0.121. The Kier molecular flexibility index (Phi) is 4.51. The van der Waals surface area contributed by atoms with Gasteiger partial charge in [0.25, 0.3) is 0 Å². The minimum absolute atomic E-state index is 0.0228. The van der Waals surface area contributed by atoms with Gasteiger partial charge in [-0.25, -0.2) is 0 Å². The first-order valence-electron chi connectivity index (χ1n) is 7.30. The molecule has 114 valence electrons. The zero-order chi connectivity index (χ0) is 14.7. The van der Waals surface area contributed by atoms with Gasteiger partial charge in [-0.05, 0) is 43.6 Å². The van der Waals surface area contributed by atoms with E-state index in [4.69, 9.17) is 21.1 Å². The monoisotopic (exact) mass is 310 g/mol. The molecular formula is C15H19ClN2O3. The highest BCUT2D eigenvalue weighted by atomic mass is 35.5. The van der Waals surface area contributed by atoms with Crippen molar-refractivity contribution in [2.75, 3.05) is 26.3 Å². The molecule has 1 fully saturated rings. The number of carbonyl (C=O) groups excluding carboxylic acids is 1. The van der Waals surface area contributed by atoms with E-state index in [2.05, 4.69) is 10.6 Å². The van der Waals surface area contributed by atoms with Crippen LogP contribution in [-0.2, 0) is 11.2 Å². The highest BCUT2D eigenvalue weighted by Crippen LogP contribution is 2.38. The molecule has 0 aliphatic carbocycles. The first-order valence-corrected chi connectivity index (χ1v) is 7.68. The van der Waals surface area contributed by atoms with Crippen molar-refractivity contribution in [3.8, 4) is 11.5 Å². The van der Waals surface area contributed by atoms with Crippen LogP contribution in [0.25, 0.3) is 0 Å². The molecule has 2 aliphatic heterocycles. The van der Waals surface area contributed by atoms with Crippen molar-refractivity contribution in [3.05, 3.63) is 22.7 Å². The van der Waals surface area contributed by atoms with Gasteiger partial charge in [0.2, 0.25) is 5.91 Å². The van der Waals surface area contributed by atoms with Gasteiger partial charge in [-0.3, -0.25) is 4.79 Å². The molecule has 1 amide bonds. The van der Waals surface area contributed by atoms with Crippen LogP contribution in [0.2, 0.25) is 5.02 Å². The zero-order valence-corrected chi connectivity index (χ0v) is 12.5. The average molecular weight is 311 g/mol. The maximum Gasteiger partial charge on any atom is 0.224 e. The predicted octanol–water partition coefficient (Wildman–Crippen LogP) is 1.52. The summed E-state index contributed by atoms with van der Waals surface area (Å²) in [5, 5.41) is 6.85. The van der Waals surface area contributed by atoms with Gasteiger partial charge >= 0.3 is 0 Å². The number of ether oxygens (including phenoxy) is 2. The Labute approximate surface area is 128 Å². The van der Waals surface area contributed by atoms with Crippen LogP contribution >= 0.6 is 11.6 Å². The molecule has 0 atom stereocenters. The molecule has 0 spiro atoms. The normalized spacial score (nSPS) is 18.3. The van der Waals surface area contributed by atoms with E-state index in [9.17, 15) is 4.79 Å². The van der Waals surface area contributed by atoms with Crippen molar-refractivity contribution in [2.45, 2.75) is 25.3 Å². The Morgan fingerprint density at radius 2 is 2.05 bits per heavy atom. The second kappa shape index (κ2) is 6.54. The number of piperidine rings is 1. The van der Waals surface area contributed by atoms with Gasteiger partial charge in [0, 0.05) is 6.04 Å². The molecule has 21 heavy (non-hydrogen) atoms. The number of carbonyl (C=O) groups is 1. The average Bonchev–Trinajstić information content (AvgIpc) is 2.48. The molecule has 1 aromatic rings. The molecule has 2 heterocycles. The van der Waals surface area contributed by atoms with E-state index in [1.54, 1.807) is 6.07 Å². The molecule has 5 nitrogen and oxygen atoms in total. The van der Waals surface area contributed by atoms with E-state index in [0.29, 0.717) is 36.2 Å². The Balaban J connectivity index is 1.64. The fraction of sp³-hybridized carbons (Fsp3) is 0.533. The van der Waals surface area contributed by atoms with E-state index >= 15 is 0 Å². The lowest BCUT2D eigenvalue weighted by atomic mass is 10.1. The maximum absolute atomic E-state index is 12.1. The van der Waals surface area contributed by atoms with Crippen LogP contribution in [0.15, 0.2) is 12.1 Å². The van der Waals surface area contributed by atoms with E-state index in [1.165, 1.54) is 0 Å². The van der Waals surface area contributed by atoms with E-state index < -0.39 is 0 Å². The van der Waals surface area contributed by atoms with Gasteiger partial charge in [0.15, 0.2) is 11.5 Å². The summed E-state index contributed by atoms with van der Waals surface area (Å²) in [6, 6.07) is 3.88. The highest BCUT2D eigenvalue weighted by Gasteiger charge is 2.19. The summed E-state index contributed by atoms with van der Waals surface area (Å²) < 4.78 is 11.0. The SMILES string of the molecule is O=C(Cc1cc(Cl)c2c(c1)OCCO2)NC1CCNCC1. The molecule has 1 aromatic carbocycles. The lowest BCUT2D eigenvalue weighted by Gasteiger charge is -2.24. The number of fused-ring (bicyclic) bond motifs is 1. The Bertz CT molecular complexity index is 530. The third-order valence-corrected chi connectivity index (χ3v) is 4.01. The quantitative estimate of drug-likeness (QED) is 0.889. The third kappa shape index (κ3) is 3.60. The summed E-state index contributed by atoms with van der Waals surface area (Å²) in [7, 11) is 0. The minimum Gasteiger partial charge on any atom is -0.486 e. The summed E-state index contributed by atoms with van der Waals surface area (Å²) in [5.41, 5.74) is 0.843. The second-order valence-electron chi connectivity index (χ2n) is 5.37. The Morgan fingerprint density at radius 3 is 2.86 bits per heavy atom. The molecule has 0 bridgehead atoms. The van der Waals surface area contributed by atoms with Crippen LogP contribution < -0.4 is 20.1 Å². The molecule has 6 heteroatoms. The molecule has 2 aliphatic rings. The van der Waals surface area contributed by atoms with Crippen LogP contribution in [0, 0.1) is 0 Å². The lowest BCUT2D eigenvalue weighted by Crippen LogP contribution is -2.43. The summed E-state index contributed by atoms with van der Waals surface area (Å²) in [6.07, 6.45) is 2.27. The summed E-state index contributed by atoms with van der Waals surface area (Å²) in [6.45, 7) is 2.93. The van der Waals surface area contributed by atoms with Gasteiger partial charge < -0.3 is 20.1 Å². The first kappa shape index (κ1) is 14.5. The topological polar surface area (TPSA) is 59.6 Å². The molecule has 0 unspecified atom stereocenters. The van der Waals surface area contributed by atoms with Crippen LogP contribution in [0.5, 0.6) is 11.5 Å². The third-order valence-electron chi connectivity index (χ3n) is 3.73. The largest absolute Gasteiger partial charge is 0.486 e. The Hall–Kier alpha value is -1.46. The van der Waals surface area contributed by atoms with Gasteiger partial charge in [0.05, 0.1) is 11.4 Å². The molecule has 3 rings (SSSR count). The van der Waals surface area contributed by atoms with Gasteiger partial charge in [0.1, 0.15) is 13.2 Å². The van der Waals surface area contributed by atoms with Crippen molar-refractivity contribution >= 4 is 17.5 Å².